The molecule has 164 valence electrons. The fraction of sp³-hybridized carbons (Fsp3) is 0.320. The van der Waals surface area contributed by atoms with Crippen molar-refractivity contribution in [2.45, 2.75) is 38.0 Å². The quantitative estimate of drug-likeness (QED) is 0.392. The fourth-order valence-electron chi connectivity index (χ4n) is 4.10. The van der Waals surface area contributed by atoms with Crippen molar-refractivity contribution in [3.05, 3.63) is 63.2 Å². The van der Waals surface area contributed by atoms with Gasteiger partial charge in [0, 0.05) is 22.6 Å². The van der Waals surface area contributed by atoms with Crippen LogP contribution in [0.5, 0.6) is 11.5 Å². The second-order valence-electron chi connectivity index (χ2n) is 7.70. The molecular weight excluding hydrogens is 426 g/mol. The smallest absolute Gasteiger partial charge is 0.282 e. The largest absolute Gasteiger partial charge is 0.493 e. The summed E-state index contributed by atoms with van der Waals surface area (Å²) in [7, 11) is 1.52. The van der Waals surface area contributed by atoms with Crippen LogP contribution in [0.1, 0.15) is 49.4 Å². The van der Waals surface area contributed by atoms with Crippen molar-refractivity contribution in [3.8, 4) is 23.8 Å². The predicted molar refractivity (Wildman–Crippen MR) is 127 cm³/mol. The van der Waals surface area contributed by atoms with Crippen molar-refractivity contribution in [1.29, 1.82) is 0 Å². The van der Waals surface area contributed by atoms with Crippen molar-refractivity contribution < 1.29 is 9.47 Å². The highest BCUT2D eigenvalue weighted by Gasteiger charge is 2.22. The number of ether oxygens (including phenoxy) is 2. The Kier molecular flexibility index (Phi) is 6.77. The average Bonchev–Trinajstić information content (AvgIpc) is 2.82. The Bertz CT molecular complexity index is 1250. The Morgan fingerprint density at radius 3 is 2.81 bits per heavy atom. The summed E-state index contributed by atoms with van der Waals surface area (Å²) in [5, 5.41) is 5.53. The van der Waals surface area contributed by atoms with Crippen molar-refractivity contribution in [2.24, 2.45) is 5.10 Å². The van der Waals surface area contributed by atoms with Crippen LogP contribution in [0.4, 0.5) is 0 Å². The van der Waals surface area contributed by atoms with Gasteiger partial charge in [-0.05, 0) is 31.0 Å². The van der Waals surface area contributed by atoms with Crippen molar-refractivity contribution in [3.63, 3.8) is 0 Å². The summed E-state index contributed by atoms with van der Waals surface area (Å²) in [6, 6.07) is 10.7. The lowest BCUT2D eigenvalue weighted by Crippen LogP contribution is -2.25. The maximum absolute atomic E-state index is 13.4. The number of terminal acetylenes is 1. The number of benzene rings is 2. The number of hydrogen-bond donors (Lipinski definition) is 0. The second-order valence-corrected chi connectivity index (χ2v) is 8.14. The number of fused-ring (bicyclic) bond motifs is 1. The van der Waals surface area contributed by atoms with E-state index >= 15 is 0 Å². The predicted octanol–water partition coefficient (Wildman–Crippen LogP) is 5.00. The molecule has 2 aromatic carbocycles. The molecule has 0 aliphatic heterocycles. The van der Waals surface area contributed by atoms with E-state index in [0.29, 0.717) is 38.8 Å². The van der Waals surface area contributed by atoms with Gasteiger partial charge in [-0.2, -0.15) is 9.78 Å². The van der Waals surface area contributed by atoms with E-state index in [0.717, 1.165) is 25.7 Å². The molecule has 1 heterocycles. The summed E-state index contributed by atoms with van der Waals surface area (Å²) in [5.41, 5.74) is 1.04. The molecule has 1 saturated carbocycles. The SMILES string of the molecule is C#CCOc1c(C=Nn2c(C3CCCCC3)nc3ccccc3c2=O)cc(Cl)cc1OC. The molecule has 0 radical (unpaired) electrons. The summed E-state index contributed by atoms with van der Waals surface area (Å²) >= 11 is 6.26. The van der Waals surface area contributed by atoms with E-state index in [2.05, 4.69) is 11.0 Å². The molecule has 0 atom stereocenters. The Morgan fingerprint density at radius 2 is 2.06 bits per heavy atom. The molecule has 1 fully saturated rings. The molecule has 0 unspecified atom stereocenters. The van der Waals surface area contributed by atoms with Gasteiger partial charge in [0.2, 0.25) is 0 Å². The van der Waals surface area contributed by atoms with Crippen molar-refractivity contribution in [1.82, 2.24) is 9.66 Å². The van der Waals surface area contributed by atoms with Gasteiger partial charge in [-0.3, -0.25) is 4.79 Å². The van der Waals surface area contributed by atoms with Crippen LogP contribution >= 0.6 is 11.6 Å². The van der Waals surface area contributed by atoms with Gasteiger partial charge in [0.25, 0.3) is 5.56 Å². The second kappa shape index (κ2) is 9.88. The van der Waals surface area contributed by atoms with E-state index < -0.39 is 0 Å². The lowest BCUT2D eigenvalue weighted by Gasteiger charge is -2.22. The lowest BCUT2D eigenvalue weighted by atomic mass is 9.88. The number of rotatable bonds is 6. The summed E-state index contributed by atoms with van der Waals surface area (Å²) < 4.78 is 12.5. The molecule has 1 aliphatic carbocycles. The highest BCUT2D eigenvalue weighted by Crippen LogP contribution is 2.34. The number of methoxy groups -OCH3 is 1. The number of halogens is 1. The van der Waals surface area contributed by atoms with Gasteiger partial charge in [-0.25, -0.2) is 4.98 Å². The molecular formula is C25H24ClN3O3. The third-order valence-corrected chi connectivity index (χ3v) is 5.85. The van der Waals surface area contributed by atoms with E-state index in [1.54, 1.807) is 24.4 Å². The van der Waals surface area contributed by atoms with Crippen LogP contribution in [0, 0.1) is 12.3 Å². The maximum atomic E-state index is 13.4. The van der Waals surface area contributed by atoms with Gasteiger partial charge in [0.1, 0.15) is 12.4 Å². The van der Waals surface area contributed by atoms with Gasteiger partial charge in [-0.1, -0.05) is 48.9 Å². The van der Waals surface area contributed by atoms with Crippen LogP contribution in [-0.4, -0.2) is 29.6 Å². The average molecular weight is 450 g/mol. The lowest BCUT2D eigenvalue weighted by molar-refractivity contribution is 0.330. The van der Waals surface area contributed by atoms with Crippen LogP contribution in [0.25, 0.3) is 10.9 Å². The first-order chi connectivity index (χ1) is 15.6. The van der Waals surface area contributed by atoms with Gasteiger partial charge in [0.05, 0.1) is 24.2 Å². The molecule has 7 heteroatoms. The van der Waals surface area contributed by atoms with E-state index in [1.165, 1.54) is 18.2 Å². The molecule has 32 heavy (non-hydrogen) atoms. The molecule has 0 bridgehead atoms. The molecule has 1 aromatic heterocycles. The maximum Gasteiger partial charge on any atom is 0.282 e. The monoisotopic (exact) mass is 449 g/mol. The number of nitrogens with zero attached hydrogens (tertiary/aromatic N) is 3. The summed E-state index contributed by atoms with van der Waals surface area (Å²) in [5.74, 6) is 4.17. The summed E-state index contributed by atoms with van der Waals surface area (Å²) in [6.45, 7) is 0.0592. The van der Waals surface area contributed by atoms with Crippen LogP contribution in [0.15, 0.2) is 46.3 Å². The zero-order valence-corrected chi connectivity index (χ0v) is 18.6. The van der Waals surface area contributed by atoms with E-state index in [9.17, 15) is 4.79 Å². The Hall–Kier alpha value is -3.30. The number of para-hydroxylation sites is 1. The van der Waals surface area contributed by atoms with E-state index in [4.69, 9.17) is 32.5 Å². The first kappa shape index (κ1) is 21.9. The Morgan fingerprint density at radius 1 is 1.28 bits per heavy atom. The molecule has 4 rings (SSSR count). The van der Waals surface area contributed by atoms with Crippen molar-refractivity contribution >= 4 is 28.7 Å². The zero-order valence-electron chi connectivity index (χ0n) is 17.9. The number of aromatic nitrogens is 2. The minimum Gasteiger partial charge on any atom is -0.493 e. The minimum atomic E-state index is -0.201. The van der Waals surface area contributed by atoms with Crippen LogP contribution in [0.2, 0.25) is 5.02 Å². The Balaban J connectivity index is 1.85. The molecule has 1 aliphatic rings. The standard InChI is InChI=1S/C25H24ClN3O3/c1-3-13-32-23-18(14-19(26)15-22(23)31-2)16-27-29-24(17-9-5-4-6-10-17)28-21-12-8-7-11-20(21)25(29)30/h1,7-8,11-12,14-17H,4-6,9-10,13H2,2H3. The zero-order chi connectivity index (χ0) is 22.5. The first-order valence-corrected chi connectivity index (χ1v) is 11.0. The molecule has 0 N–H and O–H groups in total. The van der Waals surface area contributed by atoms with E-state index in [1.807, 2.05) is 18.2 Å². The normalized spacial score (nSPS) is 14.5. The van der Waals surface area contributed by atoms with Crippen LogP contribution < -0.4 is 15.0 Å². The molecule has 0 amide bonds. The third kappa shape index (κ3) is 4.49. The van der Waals surface area contributed by atoms with Crippen LogP contribution in [-0.2, 0) is 0 Å². The van der Waals surface area contributed by atoms with Gasteiger partial charge in [-0.15, -0.1) is 6.42 Å². The first-order valence-electron chi connectivity index (χ1n) is 10.6. The van der Waals surface area contributed by atoms with Gasteiger partial charge < -0.3 is 9.47 Å². The molecule has 6 nitrogen and oxygen atoms in total. The van der Waals surface area contributed by atoms with Gasteiger partial charge in [0.15, 0.2) is 11.5 Å². The molecule has 3 aromatic rings. The third-order valence-electron chi connectivity index (χ3n) is 5.63. The van der Waals surface area contributed by atoms with E-state index in [-0.39, 0.29) is 18.1 Å². The number of hydrogen-bond acceptors (Lipinski definition) is 5. The highest BCUT2D eigenvalue weighted by molar-refractivity contribution is 6.31. The molecule has 0 spiro atoms. The topological polar surface area (TPSA) is 65.7 Å². The fourth-order valence-corrected chi connectivity index (χ4v) is 4.32. The van der Waals surface area contributed by atoms with Crippen molar-refractivity contribution in [2.75, 3.05) is 13.7 Å². The minimum absolute atomic E-state index is 0.0592. The Labute approximate surface area is 191 Å². The summed E-state index contributed by atoms with van der Waals surface area (Å²) in [4.78, 5) is 18.2. The van der Waals surface area contributed by atoms with Crippen LogP contribution in [0.3, 0.4) is 0 Å². The highest BCUT2D eigenvalue weighted by atomic mass is 35.5. The molecule has 0 saturated heterocycles. The summed E-state index contributed by atoms with van der Waals surface area (Å²) in [6.07, 6.45) is 12.3. The van der Waals surface area contributed by atoms with Gasteiger partial charge >= 0.3 is 0 Å².